The summed E-state index contributed by atoms with van der Waals surface area (Å²) in [7, 11) is 1.85. The Morgan fingerprint density at radius 1 is 1.28 bits per heavy atom. The lowest BCUT2D eigenvalue weighted by atomic mass is 10.1. The maximum absolute atomic E-state index is 13.3. The largest absolute Gasteiger partial charge is 0.331 e. The molecule has 0 aliphatic rings. The van der Waals surface area contributed by atoms with Crippen molar-refractivity contribution in [3.63, 3.8) is 0 Å². The number of hydrogen-bond acceptors (Lipinski definition) is 2. The minimum atomic E-state index is -0.853. The fourth-order valence-corrected chi connectivity index (χ4v) is 2.09. The Morgan fingerprint density at radius 2 is 2.00 bits per heavy atom. The van der Waals surface area contributed by atoms with Gasteiger partial charge in [-0.05, 0) is 31.7 Å². The summed E-state index contributed by atoms with van der Waals surface area (Å²) in [5.41, 5.74) is 7.70. The number of benzene rings is 1. The second kappa shape index (κ2) is 4.86. The summed E-state index contributed by atoms with van der Waals surface area (Å²) in [6.45, 7) is 2.35. The van der Waals surface area contributed by atoms with Gasteiger partial charge in [0.15, 0.2) is 11.6 Å². The van der Waals surface area contributed by atoms with E-state index in [1.807, 2.05) is 18.5 Å². The number of rotatable bonds is 3. The average molecular weight is 251 g/mol. The van der Waals surface area contributed by atoms with Crippen LogP contribution in [0.25, 0.3) is 11.3 Å². The zero-order valence-electron chi connectivity index (χ0n) is 10.4. The van der Waals surface area contributed by atoms with Crippen molar-refractivity contribution in [2.24, 2.45) is 12.8 Å². The van der Waals surface area contributed by atoms with Crippen molar-refractivity contribution in [1.82, 2.24) is 9.55 Å². The van der Waals surface area contributed by atoms with E-state index in [0.29, 0.717) is 18.5 Å². The topological polar surface area (TPSA) is 43.8 Å². The molecule has 0 amide bonds. The number of nitrogens with two attached hydrogens (primary N) is 1. The standard InChI is InChI=1S/C13H15F2N3/c1-8-13(18(2)12(17-8)5-6-16)9-3-4-10(14)11(15)7-9/h3-4,7H,5-6,16H2,1-2H3. The highest BCUT2D eigenvalue weighted by Crippen LogP contribution is 2.25. The third-order valence-corrected chi connectivity index (χ3v) is 2.92. The molecule has 18 heavy (non-hydrogen) atoms. The van der Waals surface area contributed by atoms with Crippen molar-refractivity contribution >= 4 is 0 Å². The fourth-order valence-electron chi connectivity index (χ4n) is 2.09. The number of aromatic nitrogens is 2. The molecule has 1 heterocycles. The summed E-state index contributed by atoms with van der Waals surface area (Å²) in [4.78, 5) is 4.40. The molecule has 3 nitrogen and oxygen atoms in total. The normalized spacial score (nSPS) is 10.9. The zero-order valence-corrected chi connectivity index (χ0v) is 10.4. The molecule has 5 heteroatoms. The van der Waals surface area contributed by atoms with Crippen LogP contribution in [0.15, 0.2) is 18.2 Å². The van der Waals surface area contributed by atoms with Gasteiger partial charge < -0.3 is 10.3 Å². The van der Waals surface area contributed by atoms with Crippen molar-refractivity contribution < 1.29 is 8.78 Å². The molecule has 0 aliphatic carbocycles. The van der Waals surface area contributed by atoms with Crippen LogP contribution < -0.4 is 5.73 Å². The molecule has 1 aromatic carbocycles. The summed E-state index contributed by atoms with van der Waals surface area (Å²) in [6.07, 6.45) is 0.654. The quantitative estimate of drug-likeness (QED) is 0.908. The molecule has 0 spiro atoms. The fraction of sp³-hybridized carbons (Fsp3) is 0.308. The molecule has 0 aliphatic heterocycles. The van der Waals surface area contributed by atoms with Gasteiger partial charge >= 0.3 is 0 Å². The Morgan fingerprint density at radius 3 is 2.61 bits per heavy atom. The van der Waals surface area contributed by atoms with Crippen molar-refractivity contribution in [1.29, 1.82) is 0 Å². The van der Waals surface area contributed by atoms with Crippen LogP contribution in [0.3, 0.4) is 0 Å². The summed E-state index contributed by atoms with van der Waals surface area (Å²) >= 11 is 0. The molecule has 0 atom stereocenters. The molecule has 0 saturated carbocycles. The summed E-state index contributed by atoms with van der Waals surface area (Å²) < 4.78 is 28.1. The van der Waals surface area contributed by atoms with E-state index in [1.54, 1.807) is 6.07 Å². The summed E-state index contributed by atoms with van der Waals surface area (Å²) in [5, 5.41) is 0. The smallest absolute Gasteiger partial charge is 0.159 e. The monoisotopic (exact) mass is 251 g/mol. The van der Waals surface area contributed by atoms with Gasteiger partial charge in [-0.15, -0.1) is 0 Å². The Kier molecular flexibility index (Phi) is 3.43. The van der Waals surface area contributed by atoms with Gasteiger partial charge in [0.1, 0.15) is 5.82 Å². The first-order valence-electron chi connectivity index (χ1n) is 5.72. The van der Waals surface area contributed by atoms with Crippen LogP contribution in [-0.4, -0.2) is 16.1 Å². The van der Waals surface area contributed by atoms with Gasteiger partial charge in [-0.1, -0.05) is 0 Å². The first kappa shape index (κ1) is 12.7. The van der Waals surface area contributed by atoms with Crippen LogP contribution in [0.2, 0.25) is 0 Å². The van der Waals surface area contributed by atoms with Crippen molar-refractivity contribution in [3.05, 3.63) is 41.4 Å². The molecule has 2 N–H and O–H groups in total. The van der Waals surface area contributed by atoms with Crippen LogP contribution in [0.5, 0.6) is 0 Å². The van der Waals surface area contributed by atoms with Gasteiger partial charge in [-0.25, -0.2) is 13.8 Å². The highest BCUT2D eigenvalue weighted by molar-refractivity contribution is 5.62. The molecule has 2 aromatic rings. The number of halogens is 2. The Hall–Kier alpha value is -1.75. The van der Waals surface area contributed by atoms with Crippen molar-refractivity contribution in [3.8, 4) is 11.3 Å². The van der Waals surface area contributed by atoms with Gasteiger partial charge in [-0.3, -0.25) is 0 Å². The first-order valence-corrected chi connectivity index (χ1v) is 5.72. The van der Waals surface area contributed by atoms with Crippen LogP contribution in [0, 0.1) is 18.6 Å². The van der Waals surface area contributed by atoms with Crippen molar-refractivity contribution in [2.45, 2.75) is 13.3 Å². The van der Waals surface area contributed by atoms with Gasteiger partial charge in [0, 0.05) is 19.0 Å². The lowest BCUT2D eigenvalue weighted by Gasteiger charge is -2.06. The minimum absolute atomic E-state index is 0.502. The summed E-state index contributed by atoms with van der Waals surface area (Å²) in [6, 6.07) is 3.86. The molecule has 2 rings (SSSR count). The van der Waals surface area contributed by atoms with E-state index in [0.717, 1.165) is 23.3 Å². The van der Waals surface area contributed by atoms with E-state index in [1.165, 1.54) is 6.07 Å². The highest BCUT2D eigenvalue weighted by atomic mass is 19.2. The van der Waals surface area contributed by atoms with Crippen LogP contribution in [-0.2, 0) is 13.5 Å². The number of hydrogen-bond donors (Lipinski definition) is 1. The Bertz CT molecular complexity index is 576. The summed E-state index contributed by atoms with van der Waals surface area (Å²) in [5.74, 6) is -0.857. The predicted octanol–water partition coefficient (Wildman–Crippen LogP) is 2.17. The Labute approximate surface area is 104 Å². The second-order valence-corrected chi connectivity index (χ2v) is 4.19. The van der Waals surface area contributed by atoms with Crippen molar-refractivity contribution in [2.75, 3.05) is 6.54 Å². The number of nitrogens with zero attached hydrogens (tertiary/aromatic N) is 2. The maximum atomic E-state index is 13.3. The molecular formula is C13H15F2N3. The van der Waals surface area contributed by atoms with E-state index in [9.17, 15) is 8.78 Å². The molecular weight excluding hydrogens is 236 g/mol. The third-order valence-electron chi connectivity index (χ3n) is 2.92. The van der Waals surface area contributed by atoms with E-state index >= 15 is 0 Å². The molecule has 0 bridgehead atoms. The van der Waals surface area contributed by atoms with E-state index in [2.05, 4.69) is 4.98 Å². The zero-order chi connectivity index (χ0) is 13.3. The molecule has 96 valence electrons. The molecule has 1 aromatic heterocycles. The average Bonchev–Trinajstić information content (AvgIpc) is 2.59. The predicted molar refractivity (Wildman–Crippen MR) is 66.1 cm³/mol. The van der Waals surface area contributed by atoms with E-state index in [4.69, 9.17) is 5.73 Å². The van der Waals surface area contributed by atoms with Gasteiger partial charge in [0.2, 0.25) is 0 Å². The molecule has 0 fully saturated rings. The van der Waals surface area contributed by atoms with Crippen LogP contribution in [0.4, 0.5) is 8.78 Å². The number of imidazole rings is 1. The molecule has 0 saturated heterocycles. The van der Waals surface area contributed by atoms with E-state index in [-0.39, 0.29) is 0 Å². The van der Waals surface area contributed by atoms with Crippen LogP contribution >= 0.6 is 0 Å². The highest BCUT2D eigenvalue weighted by Gasteiger charge is 2.14. The SMILES string of the molecule is Cc1nc(CCN)n(C)c1-c1ccc(F)c(F)c1. The number of aryl methyl sites for hydroxylation is 1. The lowest BCUT2D eigenvalue weighted by Crippen LogP contribution is -2.08. The molecule has 0 radical (unpaired) electrons. The minimum Gasteiger partial charge on any atom is -0.331 e. The van der Waals surface area contributed by atoms with Gasteiger partial charge in [-0.2, -0.15) is 0 Å². The lowest BCUT2D eigenvalue weighted by molar-refractivity contribution is 0.509. The van der Waals surface area contributed by atoms with Gasteiger partial charge in [0.05, 0.1) is 11.4 Å². The third kappa shape index (κ3) is 2.13. The van der Waals surface area contributed by atoms with Crippen LogP contribution in [0.1, 0.15) is 11.5 Å². The second-order valence-electron chi connectivity index (χ2n) is 4.19. The van der Waals surface area contributed by atoms with E-state index < -0.39 is 11.6 Å². The first-order chi connectivity index (χ1) is 8.54. The Balaban J connectivity index is 2.53. The maximum Gasteiger partial charge on any atom is 0.159 e. The van der Waals surface area contributed by atoms with Gasteiger partial charge in [0.25, 0.3) is 0 Å². The molecule has 0 unspecified atom stereocenters.